The van der Waals surface area contributed by atoms with Gasteiger partial charge >= 0.3 is 0 Å². The number of guanidine groups is 1. The van der Waals surface area contributed by atoms with E-state index in [-0.39, 0.29) is 11.5 Å². The lowest BCUT2D eigenvalue weighted by Gasteiger charge is -2.21. The van der Waals surface area contributed by atoms with Gasteiger partial charge in [-0.05, 0) is 19.3 Å². The molecule has 2 heterocycles. The molecule has 0 aliphatic heterocycles. The van der Waals surface area contributed by atoms with Gasteiger partial charge in [0.15, 0.2) is 5.96 Å². The van der Waals surface area contributed by atoms with Gasteiger partial charge in [-0.25, -0.2) is 9.97 Å². The number of aliphatic imine (C=N–C) groups is 1. The van der Waals surface area contributed by atoms with Gasteiger partial charge in [0, 0.05) is 34.6 Å². The maximum atomic E-state index is 12.5. The smallest absolute Gasteiger partial charge is 0.254 e. The number of thiazole rings is 1. The molecule has 0 unspecified atom stereocenters. The second-order valence-corrected chi connectivity index (χ2v) is 9.19. The van der Waals surface area contributed by atoms with E-state index in [0.29, 0.717) is 11.0 Å². The van der Waals surface area contributed by atoms with Crippen LogP contribution in [-0.2, 0) is 18.6 Å². The van der Waals surface area contributed by atoms with E-state index in [1.165, 1.54) is 43.4 Å². The highest BCUT2D eigenvalue weighted by atomic mass is 32.2. The Hall–Kier alpha value is -1.87. The highest BCUT2D eigenvalue weighted by Crippen LogP contribution is 2.26. The van der Waals surface area contributed by atoms with Crippen LogP contribution >= 0.6 is 23.1 Å². The maximum absolute atomic E-state index is 12.5. The van der Waals surface area contributed by atoms with E-state index in [0.717, 1.165) is 47.1 Å². The molecular weight excluding hydrogens is 392 g/mol. The first-order chi connectivity index (χ1) is 13.5. The van der Waals surface area contributed by atoms with E-state index in [2.05, 4.69) is 19.9 Å². The van der Waals surface area contributed by atoms with E-state index in [1.54, 1.807) is 11.8 Å². The Bertz CT molecular complexity index is 866. The lowest BCUT2D eigenvalue weighted by atomic mass is 9.85. The zero-order valence-corrected chi connectivity index (χ0v) is 17.9. The van der Waals surface area contributed by atoms with Crippen molar-refractivity contribution in [1.82, 2.24) is 15.0 Å². The summed E-state index contributed by atoms with van der Waals surface area (Å²) in [4.78, 5) is 28.5. The van der Waals surface area contributed by atoms with Gasteiger partial charge in [0.1, 0.15) is 5.82 Å². The minimum Gasteiger partial charge on any atom is -0.370 e. The highest BCUT2D eigenvalue weighted by Gasteiger charge is 2.18. The fourth-order valence-corrected chi connectivity index (χ4v) is 5.23. The largest absolute Gasteiger partial charge is 0.370 e. The number of nitrogens with two attached hydrogens (primary N) is 2. The summed E-state index contributed by atoms with van der Waals surface area (Å²) in [5, 5.41) is 2.53. The van der Waals surface area contributed by atoms with Crippen LogP contribution in [0.2, 0.25) is 0 Å². The zero-order chi connectivity index (χ0) is 19.9. The third-order valence-electron chi connectivity index (χ3n) is 4.99. The van der Waals surface area contributed by atoms with Crippen molar-refractivity contribution in [2.24, 2.45) is 22.4 Å². The number of hydrogen-bond acceptors (Lipinski definition) is 6. The number of nitrogens with one attached hydrogen (secondary N) is 1. The number of hydrogen-bond donors (Lipinski definition) is 3. The number of rotatable bonds is 8. The summed E-state index contributed by atoms with van der Waals surface area (Å²) < 4.78 is 0. The van der Waals surface area contributed by atoms with Gasteiger partial charge < -0.3 is 16.5 Å². The Labute approximate surface area is 173 Å². The monoisotopic (exact) mass is 420 g/mol. The van der Waals surface area contributed by atoms with Gasteiger partial charge in [0.05, 0.1) is 5.69 Å². The molecule has 0 bridgehead atoms. The number of thioether (sulfide) groups is 1. The molecule has 1 fully saturated rings. The molecule has 28 heavy (non-hydrogen) atoms. The van der Waals surface area contributed by atoms with Crippen LogP contribution < -0.4 is 17.0 Å². The van der Waals surface area contributed by atoms with Crippen molar-refractivity contribution in [2.45, 2.75) is 57.6 Å². The number of nitrogens with zero attached hydrogens (tertiary/aromatic N) is 3. The van der Waals surface area contributed by atoms with Gasteiger partial charge in [0.2, 0.25) is 5.13 Å². The van der Waals surface area contributed by atoms with Crippen molar-refractivity contribution in [1.29, 1.82) is 0 Å². The summed E-state index contributed by atoms with van der Waals surface area (Å²) in [6.07, 6.45) is 7.98. The first-order valence-corrected chi connectivity index (χ1v) is 11.7. The van der Waals surface area contributed by atoms with Crippen LogP contribution in [0.1, 0.15) is 54.9 Å². The molecule has 2 aromatic rings. The summed E-state index contributed by atoms with van der Waals surface area (Å²) in [5.41, 5.74) is 13.5. The second kappa shape index (κ2) is 10.1. The lowest BCUT2D eigenvalue weighted by Crippen LogP contribution is -2.22. The molecular formula is C19H28N6OS2. The van der Waals surface area contributed by atoms with Crippen molar-refractivity contribution in [2.75, 3.05) is 5.75 Å². The van der Waals surface area contributed by atoms with Gasteiger partial charge in [-0.3, -0.25) is 4.79 Å². The molecule has 7 nitrogen and oxygen atoms in total. The predicted molar refractivity (Wildman–Crippen MR) is 117 cm³/mol. The third-order valence-corrected chi connectivity index (χ3v) is 6.76. The SMILES string of the molecule is Cc1nc(CCSCc2csc(N=C(N)N)n2)[nH]c(=O)c1CC1CCCCC1. The lowest BCUT2D eigenvalue weighted by molar-refractivity contribution is 0.355. The summed E-state index contributed by atoms with van der Waals surface area (Å²) in [6.45, 7) is 1.96. The van der Waals surface area contributed by atoms with Crippen LogP contribution in [0.3, 0.4) is 0 Å². The van der Waals surface area contributed by atoms with Crippen LogP contribution in [0, 0.1) is 12.8 Å². The Kier molecular flexibility index (Phi) is 7.50. The van der Waals surface area contributed by atoms with Crippen LogP contribution in [0.25, 0.3) is 0 Å². The Balaban J connectivity index is 1.50. The topological polar surface area (TPSA) is 123 Å². The molecule has 1 aliphatic rings. The Morgan fingerprint density at radius 3 is 2.82 bits per heavy atom. The molecule has 152 valence electrons. The molecule has 0 spiro atoms. The standard InChI is InChI=1S/C19H28N6OS2/c1-12-15(9-13-5-3-2-4-6-13)17(26)24-16(22-12)7-8-27-10-14-11-28-19(23-14)25-18(20)21/h11,13H,2-10H2,1H3,(H,22,24,26)(H4,20,21,23,25). The van der Waals surface area contributed by atoms with Crippen molar-refractivity contribution in [3.05, 3.63) is 38.5 Å². The number of aromatic nitrogens is 3. The average Bonchev–Trinajstić information content (AvgIpc) is 3.09. The van der Waals surface area contributed by atoms with E-state index < -0.39 is 0 Å². The van der Waals surface area contributed by atoms with Gasteiger partial charge in [-0.2, -0.15) is 16.8 Å². The van der Waals surface area contributed by atoms with Crippen LogP contribution in [0.4, 0.5) is 5.13 Å². The maximum Gasteiger partial charge on any atom is 0.254 e. The highest BCUT2D eigenvalue weighted by molar-refractivity contribution is 7.98. The minimum absolute atomic E-state index is 0.0193. The summed E-state index contributed by atoms with van der Waals surface area (Å²) in [6, 6.07) is 0. The van der Waals surface area contributed by atoms with Crippen molar-refractivity contribution >= 4 is 34.2 Å². The molecule has 1 aliphatic carbocycles. The summed E-state index contributed by atoms with van der Waals surface area (Å²) in [5.74, 6) is 3.06. The molecule has 9 heteroatoms. The van der Waals surface area contributed by atoms with Crippen molar-refractivity contribution < 1.29 is 0 Å². The molecule has 3 rings (SSSR count). The van der Waals surface area contributed by atoms with E-state index in [1.807, 2.05) is 12.3 Å². The van der Waals surface area contributed by atoms with Crippen LogP contribution in [0.5, 0.6) is 0 Å². The zero-order valence-electron chi connectivity index (χ0n) is 16.2. The molecule has 0 amide bonds. The fraction of sp³-hybridized carbons (Fsp3) is 0.579. The number of aryl methyl sites for hydroxylation is 2. The Morgan fingerprint density at radius 2 is 2.11 bits per heavy atom. The van der Waals surface area contributed by atoms with Crippen LogP contribution in [0.15, 0.2) is 15.2 Å². The molecule has 0 radical (unpaired) electrons. The molecule has 2 aromatic heterocycles. The molecule has 5 N–H and O–H groups in total. The number of aromatic amines is 1. The van der Waals surface area contributed by atoms with Crippen molar-refractivity contribution in [3.63, 3.8) is 0 Å². The average molecular weight is 421 g/mol. The first-order valence-electron chi connectivity index (χ1n) is 9.71. The third kappa shape index (κ3) is 6.07. The summed E-state index contributed by atoms with van der Waals surface area (Å²) in [7, 11) is 0. The molecule has 1 saturated carbocycles. The van der Waals surface area contributed by atoms with Crippen LogP contribution in [-0.4, -0.2) is 26.7 Å². The quantitative estimate of drug-likeness (QED) is 0.343. The normalized spacial score (nSPS) is 14.9. The fourth-order valence-electron chi connectivity index (χ4n) is 3.58. The van der Waals surface area contributed by atoms with Gasteiger partial charge in [-0.15, -0.1) is 11.3 Å². The van der Waals surface area contributed by atoms with E-state index >= 15 is 0 Å². The summed E-state index contributed by atoms with van der Waals surface area (Å²) >= 11 is 3.17. The Morgan fingerprint density at radius 1 is 1.32 bits per heavy atom. The first kappa shape index (κ1) is 20.9. The molecule has 0 saturated heterocycles. The predicted octanol–water partition coefficient (Wildman–Crippen LogP) is 3.04. The molecule has 0 aromatic carbocycles. The van der Waals surface area contributed by atoms with E-state index in [9.17, 15) is 4.79 Å². The van der Waals surface area contributed by atoms with Gasteiger partial charge in [-0.1, -0.05) is 32.1 Å². The van der Waals surface area contributed by atoms with Crippen molar-refractivity contribution in [3.8, 4) is 0 Å². The minimum atomic E-state index is 0.0193. The molecule has 0 atom stereocenters. The van der Waals surface area contributed by atoms with Gasteiger partial charge in [0.25, 0.3) is 5.56 Å². The number of H-pyrrole nitrogens is 1. The van der Waals surface area contributed by atoms with E-state index in [4.69, 9.17) is 11.5 Å². The second-order valence-electron chi connectivity index (χ2n) is 7.25.